The first-order valence-electron chi connectivity index (χ1n) is 6.97. The van der Waals surface area contributed by atoms with Crippen molar-refractivity contribution in [2.24, 2.45) is 0 Å². The maximum Gasteiger partial charge on any atom is 0.135 e. The molecule has 1 aliphatic rings. The molecule has 0 saturated heterocycles. The number of aryl methyl sites for hydroxylation is 1. The van der Waals surface area contributed by atoms with Gasteiger partial charge >= 0.3 is 0 Å². The zero-order valence-corrected chi connectivity index (χ0v) is 12.9. The Morgan fingerprint density at radius 3 is 2.72 bits per heavy atom. The monoisotopic (exact) mass is 311 g/mol. The Morgan fingerprint density at radius 1 is 1.28 bits per heavy atom. The van der Waals surface area contributed by atoms with E-state index in [1.165, 1.54) is 36.3 Å². The van der Waals surface area contributed by atoms with Crippen LogP contribution in [0.5, 0.6) is 0 Å². The first kappa shape index (κ1) is 13.8. The van der Waals surface area contributed by atoms with Gasteiger partial charge in [-0.15, -0.1) is 0 Å². The van der Waals surface area contributed by atoms with Gasteiger partial charge in [0.15, 0.2) is 0 Å². The van der Waals surface area contributed by atoms with Crippen LogP contribution in [0.1, 0.15) is 44.4 Å². The van der Waals surface area contributed by atoms with E-state index in [1.807, 2.05) is 0 Å². The van der Waals surface area contributed by atoms with Crippen molar-refractivity contribution in [3.63, 3.8) is 0 Å². The van der Waals surface area contributed by atoms with Crippen molar-refractivity contribution in [3.8, 4) is 0 Å². The van der Waals surface area contributed by atoms with E-state index >= 15 is 0 Å². The zero-order valence-electron chi connectivity index (χ0n) is 11.3. The van der Waals surface area contributed by atoms with Crippen molar-refractivity contribution in [1.29, 1.82) is 0 Å². The van der Waals surface area contributed by atoms with Gasteiger partial charge in [0, 0.05) is 29.2 Å². The summed E-state index contributed by atoms with van der Waals surface area (Å²) < 4.78 is 0. The minimum atomic E-state index is 0.585. The Kier molecular flexibility index (Phi) is 4.98. The summed E-state index contributed by atoms with van der Waals surface area (Å²) in [6.45, 7) is 5.55. The van der Waals surface area contributed by atoms with Crippen molar-refractivity contribution in [3.05, 3.63) is 17.6 Å². The average molecular weight is 312 g/mol. The largest absolute Gasteiger partial charge is 0.352 e. The molecule has 0 fully saturated rings. The standard InChI is InChI=1S/C14H22BrN3/c1-3-11(4-2)18(9-8-15)14-12-6-5-7-13(12)16-10-17-14/h10-11H,3-9H2,1-2H3. The minimum Gasteiger partial charge on any atom is -0.352 e. The molecule has 3 nitrogen and oxygen atoms in total. The smallest absolute Gasteiger partial charge is 0.135 e. The lowest BCUT2D eigenvalue weighted by Gasteiger charge is -2.32. The molecule has 18 heavy (non-hydrogen) atoms. The number of fused-ring (bicyclic) bond motifs is 1. The van der Waals surface area contributed by atoms with Gasteiger partial charge in [0.25, 0.3) is 0 Å². The summed E-state index contributed by atoms with van der Waals surface area (Å²) in [5, 5.41) is 0.988. The predicted molar refractivity (Wildman–Crippen MR) is 79.6 cm³/mol. The van der Waals surface area contributed by atoms with Gasteiger partial charge in [-0.2, -0.15) is 0 Å². The van der Waals surface area contributed by atoms with Gasteiger partial charge in [-0.3, -0.25) is 0 Å². The van der Waals surface area contributed by atoms with Crippen LogP contribution in [0, 0.1) is 0 Å². The van der Waals surface area contributed by atoms with Crippen LogP contribution in [-0.4, -0.2) is 27.9 Å². The fourth-order valence-corrected chi connectivity index (χ4v) is 3.25. The molecule has 0 aliphatic heterocycles. The Balaban J connectivity index is 2.33. The molecular formula is C14H22BrN3. The normalized spacial score (nSPS) is 14.0. The lowest BCUT2D eigenvalue weighted by Crippen LogP contribution is -2.37. The lowest BCUT2D eigenvalue weighted by molar-refractivity contribution is 0.561. The number of alkyl halides is 1. The van der Waals surface area contributed by atoms with Crippen LogP contribution in [0.3, 0.4) is 0 Å². The van der Waals surface area contributed by atoms with Gasteiger partial charge in [-0.05, 0) is 32.1 Å². The molecule has 100 valence electrons. The molecule has 1 aliphatic carbocycles. The summed E-state index contributed by atoms with van der Waals surface area (Å²) in [6, 6.07) is 0.585. The van der Waals surface area contributed by atoms with Crippen molar-refractivity contribution < 1.29 is 0 Å². The van der Waals surface area contributed by atoms with Crippen LogP contribution in [0.25, 0.3) is 0 Å². The maximum absolute atomic E-state index is 4.58. The van der Waals surface area contributed by atoms with E-state index in [-0.39, 0.29) is 0 Å². The molecule has 0 radical (unpaired) electrons. The van der Waals surface area contributed by atoms with Gasteiger partial charge in [-0.25, -0.2) is 9.97 Å². The quantitative estimate of drug-likeness (QED) is 0.754. The molecule has 0 amide bonds. The number of anilines is 1. The Hall–Kier alpha value is -0.640. The molecule has 0 aromatic carbocycles. The SMILES string of the molecule is CCC(CC)N(CCBr)c1ncnc2c1CCC2. The number of hydrogen-bond donors (Lipinski definition) is 0. The summed E-state index contributed by atoms with van der Waals surface area (Å²) in [5.41, 5.74) is 2.66. The third-order valence-electron chi connectivity index (χ3n) is 3.83. The fourth-order valence-electron chi connectivity index (χ4n) is 2.87. The molecule has 0 unspecified atom stereocenters. The second-order valence-electron chi connectivity index (χ2n) is 4.83. The molecule has 0 atom stereocenters. The van der Waals surface area contributed by atoms with Crippen molar-refractivity contribution in [1.82, 2.24) is 9.97 Å². The number of aromatic nitrogens is 2. The molecule has 0 saturated carbocycles. The summed E-state index contributed by atoms with van der Waals surface area (Å²) in [4.78, 5) is 11.5. The van der Waals surface area contributed by atoms with Crippen molar-refractivity contribution in [2.75, 3.05) is 16.8 Å². The molecule has 0 spiro atoms. The third-order valence-corrected chi connectivity index (χ3v) is 4.19. The molecule has 2 rings (SSSR count). The second-order valence-corrected chi connectivity index (χ2v) is 5.62. The zero-order chi connectivity index (χ0) is 13.0. The Bertz CT molecular complexity index is 391. The number of nitrogens with zero attached hydrogens (tertiary/aromatic N) is 3. The highest BCUT2D eigenvalue weighted by Crippen LogP contribution is 2.30. The van der Waals surface area contributed by atoms with E-state index in [2.05, 4.69) is 44.6 Å². The average Bonchev–Trinajstić information content (AvgIpc) is 2.87. The summed E-state index contributed by atoms with van der Waals surface area (Å²) in [7, 11) is 0. The van der Waals surface area contributed by atoms with Crippen LogP contribution in [0.2, 0.25) is 0 Å². The first-order chi connectivity index (χ1) is 8.81. The highest BCUT2D eigenvalue weighted by Gasteiger charge is 2.24. The fraction of sp³-hybridized carbons (Fsp3) is 0.714. The summed E-state index contributed by atoms with van der Waals surface area (Å²) in [6.07, 6.45) is 7.57. The second kappa shape index (κ2) is 6.50. The predicted octanol–water partition coefficient (Wildman–Crippen LogP) is 3.36. The van der Waals surface area contributed by atoms with Crippen LogP contribution in [0.15, 0.2) is 6.33 Å². The van der Waals surface area contributed by atoms with Crippen LogP contribution in [0.4, 0.5) is 5.82 Å². The molecule has 4 heteroatoms. The van der Waals surface area contributed by atoms with Crippen LogP contribution in [-0.2, 0) is 12.8 Å². The number of hydrogen-bond acceptors (Lipinski definition) is 3. The molecule has 0 bridgehead atoms. The van der Waals surface area contributed by atoms with Crippen molar-refractivity contribution in [2.45, 2.75) is 52.0 Å². The molecule has 1 heterocycles. The van der Waals surface area contributed by atoms with E-state index in [4.69, 9.17) is 0 Å². The summed E-state index contributed by atoms with van der Waals surface area (Å²) in [5.74, 6) is 1.19. The highest BCUT2D eigenvalue weighted by molar-refractivity contribution is 9.09. The van der Waals surface area contributed by atoms with Gasteiger partial charge in [-0.1, -0.05) is 29.8 Å². The molecule has 0 N–H and O–H groups in total. The molecular weight excluding hydrogens is 290 g/mol. The van der Waals surface area contributed by atoms with E-state index in [1.54, 1.807) is 6.33 Å². The van der Waals surface area contributed by atoms with Crippen molar-refractivity contribution >= 4 is 21.7 Å². The van der Waals surface area contributed by atoms with E-state index < -0.39 is 0 Å². The van der Waals surface area contributed by atoms with Gasteiger partial charge in [0.05, 0.1) is 0 Å². The first-order valence-corrected chi connectivity index (χ1v) is 8.09. The van der Waals surface area contributed by atoms with Crippen LogP contribution < -0.4 is 4.90 Å². The van der Waals surface area contributed by atoms with E-state index in [9.17, 15) is 0 Å². The van der Waals surface area contributed by atoms with E-state index in [0.717, 1.165) is 24.7 Å². The minimum absolute atomic E-state index is 0.585. The topological polar surface area (TPSA) is 29.0 Å². The Labute approximate surface area is 118 Å². The van der Waals surface area contributed by atoms with E-state index in [0.29, 0.717) is 6.04 Å². The Morgan fingerprint density at radius 2 is 2.06 bits per heavy atom. The maximum atomic E-state index is 4.58. The van der Waals surface area contributed by atoms with Gasteiger partial charge < -0.3 is 4.90 Å². The lowest BCUT2D eigenvalue weighted by atomic mass is 10.1. The third kappa shape index (κ3) is 2.68. The molecule has 1 aromatic rings. The number of rotatable bonds is 6. The summed E-state index contributed by atoms with van der Waals surface area (Å²) >= 11 is 3.57. The number of halogens is 1. The molecule has 1 aromatic heterocycles. The highest BCUT2D eigenvalue weighted by atomic mass is 79.9. The van der Waals surface area contributed by atoms with Gasteiger partial charge in [0.1, 0.15) is 12.1 Å². The van der Waals surface area contributed by atoms with Gasteiger partial charge in [0.2, 0.25) is 0 Å². The van der Waals surface area contributed by atoms with Crippen LogP contribution >= 0.6 is 15.9 Å².